The maximum Gasteiger partial charge on any atom is 0.310 e. The van der Waals surface area contributed by atoms with Crippen molar-refractivity contribution < 1.29 is 19.1 Å². The number of esters is 1. The second-order valence-electron chi connectivity index (χ2n) is 6.91. The van der Waals surface area contributed by atoms with Gasteiger partial charge in [-0.15, -0.1) is 0 Å². The highest BCUT2D eigenvalue weighted by Gasteiger charge is 2.27. The fourth-order valence-corrected chi connectivity index (χ4v) is 3.47. The van der Waals surface area contributed by atoms with Crippen LogP contribution in [-0.4, -0.2) is 24.3 Å². The molecule has 0 aromatic heterocycles. The Bertz CT molecular complexity index is 1100. The molecule has 0 fully saturated rings. The summed E-state index contributed by atoms with van der Waals surface area (Å²) in [5, 5.41) is 4.82. The quantitative estimate of drug-likeness (QED) is 0.544. The number of nitrogens with one attached hydrogen (secondary N) is 1. The first kappa shape index (κ1) is 17.9. The number of fused-ring (bicyclic) bond motifs is 2. The van der Waals surface area contributed by atoms with Crippen molar-refractivity contribution >= 4 is 34.1 Å². The van der Waals surface area contributed by atoms with Crippen LogP contribution < -0.4 is 5.32 Å². The maximum atomic E-state index is 12.4. The first-order valence-electron chi connectivity index (χ1n) is 9.13. The fraction of sp³-hybridized carbons (Fsp3) is 0.174. The van der Waals surface area contributed by atoms with Gasteiger partial charge in [0, 0.05) is 11.3 Å². The van der Waals surface area contributed by atoms with Crippen molar-refractivity contribution in [2.45, 2.75) is 19.3 Å². The van der Waals surface area contributed by atoms with Crippen molar-refractivity contribution in [3.63, 3.8) is 0 Å². The van der Waals surface area contributed by atoms with Crippen LogP contribution in [0.2, 0.25) is 0 Å². The number of hydrogen-bond acceptors (Lipinski definition) is 4. The Balaban J connectivity index is 1.41. The van der Waals surface area contributed by atoms with Crippen LogP contribution in [-0.2, 0) is 20.7 Å². The summed E-state index contributed by atoms with van der Waals surface area (Å²) in [6, 6.07) is 18.6. The molecule has 0 unspecified atom stereocenters. The molecule has 140 valence electrons. The van der Waals surface area contributed by atoms with Crippen molar-refractivity contribution in [2.24, 2.45) is 0 Å². The molecule has 1 amide bonds. The SMILES string of the molecule is C[C@H]1C(=O)Nc2ccc(C(=O)COC(=O)Cc3cccc4ccccc34)cc21. The van der Waals surface area contributed by atoms with Gasteiger partial charge in [-0.3, -0.25) is 14.4 Å². The van der Waals surface area contributed by atoms with Crippen LogP contribution in [0.15, 0.2) is 60.7 Å². The summed E-state index contributed by atoms with van der Waals surface area (Å²) in [4.78, 5) is 36.4. The zero-order valence-corrected chi connectivity index (χ0v) is 15.4. The van der Waals surface area contributed by atoms with Crippen LogP contribution in [0, 0.1) is 0 Å². The van der Waals surface area contributed by atoms with Crippen LogP contribution >= 0.6 is 0 Å². The minimum absolute atomic E-state index is 0.0823. The highest BCUT2D eigenvalue weighted by atomic mass is 16.5. The number of ether oxygens (including phenoxy) is 1. The highest BCUT2D eigenvalue weighted by molar-refractivity contribution is 6.05. The third kappa shape index (κ3) is 3.39. The van der Waals surface area contributed by atoms with Crippen molar-refractivity contribution in [2.75, 3.05) is 11.9 Å². The summed E-state index contributed by atoms with van der Waals surface area (Å²) in [7, 11) is 0. The van der Waals surface area contributed by atoms with E-state index in [2.05, 4.69) is 5.32 Å². The van der Waals surface area contributed by atoms with Crippen molar-refractivity contribution in [1.82, 2.24) is 0 Å². The summed E-state index contributed by atoms with van der Waals surface area (Å²) >= 11 is 0. The number of ketones is 1. The minimum atomic E-state index is -0.448. The predicted molar refractivity (Wildman–Crippen MR) is 106 cm³/mol. The number of anilines is 1. The molecule has 0 saturated carbocycles. The molecule has 0 saturated heterocycles. The second-order valence-corrected chi connectivity index (χ2v) is 6.91. The van der Waals surface area contributed by atoms with E-state index in [1.165, 1.54) is 0 Å². The molecule has 0 bridgehead atoms. The molecule has 1 N–H and O–H groups in total. The number of amides is 1. The van der Waals surface area contributed by atoms with Gasteiger partial charge in [0.25, 0.3) is 0 Å². The Hall–Kier alpha value is -3.47. The molecule has 3 aromatic rings. The van der Waals surface area contributed by atoms with Crippen LogP contribution in [0.4, 0.5) is 5.69 Å². The predicted octanol–water partition coefficient (Wildman–Crippen LogP) is 3.86. The fourth-order valence-electron chi connectivity index (χ4n) is 3.47. The van der Waals surface area contributed by atoms with Gasteiger partial charge in [0.15, 0.2) is 12.4 Å². The monoisotopic (exact) mass is 373 g/mol. The number of benzene rings is 3. The van der Waals surface area contributed by atoms with Crippen LogP contribution in [0.25, 0.3) is 10.8 Å². The molecule has 0 radical (unpaired) electrons. The number of Topliss-reactive ketones (excluding diaryl/α,β-unsaturated/α-hetero) is 1. The van der Waals surface area contributed by atoms with E-state index in [-0.39, 0.29) is 30.6 Å². The van der Waals surface area contributed by atoms with E-state index >= 15 is 0 Å². The lowest BCUT2D eigenvalue weighted by atomic mass is 9.99. The highest BCUT2D eigenvalue weighted by Crippen LogP contribution is 2.32. The maximum absolute atomic E-state index is 12.4. The van der Waals surface area contributed by atoms with E-state index in [0.29, 0.717) is 5.56 Å². The molecule has 5 heteroatoms. The molecule has 0 spiro atoms. The third-order valence-corrected chi connectivity index (χ3v) is 5.07. The molecule has 0 aliphatic carbocycles. The zero-order valence-electron chi connectivity index (χ0n) is 15.4. The molecule has 1 aliphatic heterocycles. The van der Waals surface area contributed by atoms with Gasteiger partial charge < -0.3 is 10.1 Å². The molecule has 1 aliphatic rings. The van der Waals surface area contributed by atoms with Crippen LogP contribution in [0.1, 0.15) is 34.3 Å². The van der Waals surface area contributed by atoms with E-state index in [0.717, 1.165) is 27.6 Å². The molecule has 5 nitrogen and oxygen atoms in total. The standard InChI is InChI=1S/C23H19NO4/c1-14-19-11-17(9-10-20(19)24-23(14)27)21(25)13-28-22(26)12-16-7-4-6-15-5-2-3-8-18(15)16/h2-11,14H,12-13H2,1H3,(H,24,27)/t14-/m1/s1. The average molecular weight is 373 g/mol. The Kier molecular flexibility index (Phi) is 4.65. The summed E-state index contributed by atoms with van der Waals surface area (Å²) in [6.45, 7) is 1.47. The summed E-state index contributed by atoms with van der Waals surface area (Å²) in [5.41, 5.74) is 2.81. The van der Waals surface area contributed by atoms with E-state index < -0.39 is 5.97 Å². The summed E-state index contributed by atoms with van der Waals surface area (Å²) in [6.07, 6.45) is 0.105. The average Bonchev–Trinajstić information content (AvgIpc) is 3.00. The van der Waals surface area contributed by atoms with E-state index in [1.54, 1.807) is 25.1 Å². The summed E-state index contributed by atoms with van der Waals surface area (Å²) in [5.74, 6) is -1.12. The topological polar surface area (TPSA) is 72.5 Å². The Morgan fingerprint density at radius 3 is 2.68 bits per heavy atom. The van der Waals surface area contributed by atoms with Gasteiger partial charge in [0.05, 0.1) is 12.3 Å². The van der Waals surface area contributed by atoms with Gasteiger partial charge in [-0.05, 0) is 47.0 Å². The van der Waals surface area contributed by atoms with Gasteiger partial charge in [0.2, 0.25) is 5.91 Å². The first-order valence-corrected chi connectivity index (χ1v) is 9.13. The molecular formula is C23H19NO4. The second kappa shape index (κ2) is 7.27. The summed E-state index contributed by atoms with van der Waals surface area (Å²) < 4.78 is 5.21. The van der Waals surface area contributed by atoms with Gasteiger partial charge in [-0.25, -0.2) is 0 Å². The zero-order chi connectivity index (χ0) is 19.7. The lowest BCUT2D eigenvalue weighted by Gasteiger charge is -2.08. The third-order valence-electron chi connectivity index (χ3n) is 5.07. The van der Waals surface area contributed by atoms with Crippen molar-refractivity contribution in [1.29, 1.82) is 0 Å². The van der Waals surface area contributed by atoms with E-state index in [9.17, 15) is 14.4 Å². The number of carbonyl (C=O) groups is 3. The minimum Gasteiger partial charge on any atom is -0.457 e. The Labute approximate surface area is 162 Å². The van der Waals surface area contributed by atoms with Gasteiger partial charge in [-0.1, -0.05) is 42.5 Å². The van der Waals surface area contributed by atoms with Crippen molar-refractivity contribution in [3.05, 3.63) is 77.4 Å². The Morgan fingerprint density at radius 1 is 1.04 bits per heavy atom. The first-order chi connectivity index (χ1) is 13.5. The Morgan fingerprint density at radius 2 is 1.82 bits per heavy atom. The van der Waals surface area contributed by atoms with Gasteiger partial charge in [0.1, 0.15) is 0 Å². The number of carbonyl (C=O) groups excluding carboxylic acids is 3. The molecule has 4 rings (SSSR count). The van der Waals surface area contributed by atoms with E-state index in [1.807, 2.05) is 42.5 Å². The lowest BCUT2D eigenvalue weighted by molar-refractivity contribution is -0.141. The molecule has 1 atom stereocenters. The molecule has 3 aromatic carbocycles. The van der Waals surface area contributed by atoms with Crippen LogP contribution in [0.3, 0.4) is 0 Å². The largest absolute Gasteiger partial charge is 0.457 e. The molecule has 1 heterocycles. The smallest absolute Gasteiger partial charge is 0.310 e. The normalized spacial score (nSPS) is 15.2. The van der Waals surface area contributed by atoms with E-state index in [4.69, 9.17) is 4.74 Å². The lowest BCUT2D eigenvalue weighted by Crippen LogP contribution is -2.16. The molecular weight excluding hydrogens is 354 g/mol. The van der Waals surface area contributed by atoms with Crippen molar-refractivity contribution in [3.8, 4) is 0 Å². The molecule has 28 heavy (non-hydrogen) atoms. The van der Waals surface area contributed by atoms with Crippen LogP contribution in [0.5, 0.6) is 0 Å². The number of hydrogen-bond donors (Lipinski definition) is 1. The van der Waals surface area contributed by atoms with Gasteiger partial charge in [-0.2, -0.15) is 0 Å². The number of rotatable bonds is 5. The van der Waals surface area contributed by atoms with Gasteiger partial charge >= 0.3 is 5.97 Å².